The van der Waals surface area contributed by atoms with Crippen molar-refractivity contribution in [2.24, 2.45) is 5.73 Å². The van der Waals surface area contributed by atoms with Gasteiger partial charge in [0.2, 0.25) is 0 Å². The number of anilines is 1. The van der Waals surface area contributed by atoms with Gasteiger partial charge in [0, 0.05) is 12.2 Å². The van der Waals surface area contributed by atoms with E-state index in [0.29, 0.717) is 17.9 Å². The largest absolute Gasteiger partial charge is 0.478 e. The Balaban J connectivity index is 2.20. The van der Waals surface area contributed by atoms with Gasteiger partial charge in [0.25, 0.3) is 5.91 Å². The van der Waals surface area contributed by atoms with E-state index >= 15 is 0 Å². The van der Waals surface area contributed by atoms with E-state index in [2.05, 4.69) is 10.3 Å². The molecule has 1 amide bonds. The normalized spacial score (nSPS) is 10.1. The lowest BCUT2D eigenvalue weighted by Crippen LogP contribution is -2.16. The number of rotatable bonds is 5. The van der Waals surface area contributed by atoms with Crippen molar-refractivity contribution in [2.45, 2.75) is 13.5 Å². The van der Waals surface area contributed by atoms with Crippen LogP contribution < -0.4 is 11.1 Å². The summed E-state index contributed by atoms with van der Waals surface area (Å²) in [7, 11) is 0. The Kier molecular flexibility index (Phi) is 4.18. The first-order chi connectivity index (χ1) is 9.97. The van der Waals surface area contributed by atoms with Crippen molar-refractivity contribution in [1.82, 2.24) is 4.98 Å². The molecule has 1 aromatic carbocycles. The number of pyridine rings is 1. The summed E-state index contributed by atoms with van der Waals surface area (Å²) in [6.07, 6.45) is 0. The summed E-state index contributed by atoms with van der Waals surface area (Å²) in [5, 5.41) is 12.0. The molecule has 0 aliphatic rings. The van der Waals surface area contributed by atoms with Crippen molar-refractivity contribution in [1.29, 1.82) is 0 Å². The molecular weight excluding hydrogens is 270 g/mol. The van der Waals surface area contributed by atoms with Crippen molar-refractivity contribution < 1.29 is 14.7 Å². The number of benzene rings is 1. The maximum absolute atomic E-state index is 11.4. The zero-order valence-electron chi connectivity index (χ0n) is 11.5. The van der Waals surface area contributed by atoms with Crippen molar-refractivity contribution in [3.63, 3.8) is 0 Å². The fraction of sp³-hybridized carbons (Fsp3) is 0.133. The quantitative estimate of drug-likeness (QED) is 0.776. The lowest BCUT2D eigenvalue weighted by atomic mass is 10.1. The summed E-state index contributed by atoms with van der Waals surface area (Å²) < 4.78 is 0. The highest BCUT2D eigenvalue weighted by molar-refractivity contribution is 5.97. The average molecular weight is 285 g/mol. The van der Waals surface area contributed by atoms with Gasteiger partial charge in [0.1, 0.15) is 5.82 Å². The number of aromatic nitrogens is 1. The summed E-state index contributed by atoms with van der Waals surface area (Å²) in [6.45, 7) is 2.15. The van der Waals surface area contributed by atoms with Gasteiger partial charge >= 0.3 is 5.97 Å². The van der Waals surface area contributed by atoms with E-state index in [-0.39, 0.29) is 5.56 Å². The SMILES string of the molecule is Cc1ccc(C(N)=O)c(NCc2cccc(C(=O)O)c2)n1. The van der Waals surface area contributed by atoms with Crippen LogP contribution in [0.2, 0.25) is 0 Å². The van der Waals surface area contributed by atoms with Crippen LogP contribution in [0.1, 0.15) is 32.0 Å². The molecule has 0 saturated heterocycles. The molecular formula is C15H15N3O3. The van der Waals surface area contributed by atoms with Gasteiger partial charge in [-0.1, -0.05) is 12.1 Å². The Labute approximate surface area is 121 Å². The van der Waals surface area contributed by atoms with Gasteiger partial charge in [-0.15, -0.1) is 0 Å². The van der Waals surface area contributed by atoms with Crippen molar-refractivity contribution in [3.05, 3.63) is 58.8 Å². The molecule has 21 heavy (non-hydrogen) atoms. The van der Waals surface area contributed by atoms with Crippen LogP contribution in [0, 0.1) is 6.92 Å². The zero-order valence-corrected chi connectivity index (χ0v) is 11.5. The zero-order chi connectivity index (χ0) is 15.4. The predicted octanol–water partition coefficient (Wildman–Crippen LogP) is 1.80. The molecule has 1 aromatic heterocycles. The second-order valence-electron chi connectivity index (χ2n) is 4.57. The molecule has 6 heteroatoms. The lowest BCUT2D eigenvalue weighted by molar-refractivity contribution is 0.0696. The van der Waals surface area contributed by atoms with E-state index in [0.717, 1.165) is 11.3 Å². The molecule has 1 heterocycles. The molecule has 0 saturated carbocycles. The summed E-state index contributed by atoms with van der Waals surface area (Å²) >= 11 is 0. The molecule has 0 atom stereocenters. The second kappa shape index (κ2) is 6.04. The second-order valence-corrected chi connectivity index (χ2v) is 4.57. The molecule has 0 aliphatic carbocycles. The van der Waals surface area contributed by atoms with Crippen LogP contribution in [-0.4, -0.2) is 22.0 Å². The Morgan fingerprint density at radius 3 is 2.71 bits per heavy atom. The molecule has 0 spiro atoms. The monoisotopic (exact) mass is 285 g/mol. The number of aromatic carboxylic acids is 1. The number of carboxylic acid groups (broad SMARTS) is 1. The van der Waals surface area contributed by atoms with Crippen LogP contribution in [0.5, 0.6) is 0 Å². The number of aryl methyl sites for hydroxylation is 1. The number of carbonyl (C=O) groups excluding carboxylic acids is 1. The maximum Gasteiger partial charge on any atom is 0.335 e. The van der Waals surface area contributed by atoms with Crippen molar-refractivity contribution >= 4 is 17.7 Å². The van der Waals surface area contributed by atoms with Gasteiger partial charge in [-0.05, 0) is 36.8 Å². The maximum atomic E-state index is 11.4. The van der Waals surface area contributed by atoms with Gasteiger partial charge in [0.05, 0.1) is 11.1 Å². The molecule has 0 fully saturated rings. The van der Waals surface area contributed by atoms with Crippen molar-refractivity contribution in [3.8, 4) is 0 Å². The Hall–Kier alpha value is -2.89. The number of nitrogens with zero attached hydrogens (tertiary/aromatic N) is 1. The first kappa shape index (κ1) is 14.5. The first-order valence-electron chi connectivity index (χ1n) is 6.31. The van der Waals surface area contributed by atoms with Crippen LogP contribution in [0.25, 0.3) is 0 Å². The standard InChI is InChI=1S/C15H15N3O3/c1-9-5-6-12(13(16)19)14(18-9)17-8-10-3-2-4-11(7-10)15(20)21/h2-7H,8H2,1H3,(H2,16,19)(H,17,18)(H,20,21). The molecule has 108 valence electrons. The number of carbonyl (C=O) groups is 2. The first-order valence-corrected chi connectivity index (χ1v) is 6.31. The Morgan fingerprint density at radius 2 is 2.05 bits per heavy atom. The minimum Gasteiger partial charge on any atom is -0.478 e. The number of primary amides is 1. The predicted molar refractivity (Wildman–Crippen MR) is 78.2 cm³/mol. The van der Waals surface area contributed by atoms with Gasteiger partial charge in [-0.2, -0.15) is 0 Å². The molecule has 0 aliphatic heterocycles. The van der Waals surface area contributed by atoms with Gasteiger partial charge in [-0.3, -0.25) is 4.79 Å². The Morgan fingerprint density at radius 1 is 1.29 bits per heavy atom. The van der Waals surface area contributed by atoms with Crippen LogP contribution in [0.4, 0.5) is 5.82 Å². The molecule has 0 unspecified atom stereocenters. The summed E-state index contributed by atoms with van der Waals surface area (Å²) in [5.41, 5.74) is 7.34. The fourth-order valence-electron chi connectivity index (χ4n) is 1.89. The highest BCUT2D eigenvalue weighted by Gasteiger charge is 2.10. The highest BCUT2D eigenvalue weighted by Crippen LogP contribution is 2.15. The summed E-state index contributed by atoms with van der Waals surface area (Å²) in [4.78, 5) is 26.5. The van der Waals surface area contributed by atoms with E-state index < -0.39 is 11.9 Å². The Bertz CT molecular complexity index is 698. The smallest absolute Gasteiger partial charge is 0.335 e. The number of nitrogens with one attached hydrogen (secondary N) is 1. The molecule has 4 N–H and O–H groups in total. The third-order valence-electron chi connectivity index (χ3n) is 2.93. The van der Waals surface area contributed by atoms with E-state index in [9.17, 15) is 9.59 Å². The van der Waals surface area contributed by atoms with Crippen LogP contribution >= 0.6 is 0 Å². The number of hydrogen-bond acceptors (Lipinski definition) is 4. The minimum absolute atomic E-state index is 0.210. The third kappa shape index (κ3) is 3.56. The summed E-state index contributed by atoms with van der Waals surface area (Å²) in [6, 6.07) is 9.86. The van der Waals surface area contributed by atoms with Gasteiger partial charge < -0.3 is 16.2 Å². The molecule has 2 aromatic rings. The minimum atomic E-state index is -0.983. The summed E-state index contributed by atoms with van der Waals surface area (Å²) in [5.74, 6) is -1.16. The van der Waals surface area contributed by atoms with Crippen LogP contribution in [-0.2, 0) is 6.54 Å². The fourth-order valence-corrected chi connectivity index (χ4v) is 1.89. The van der Waals surface area contributed by atoms with E-state index in [1.807, 2.05) is 0 Å². The van der Waals surface area contributed by atoms with E-state index in [1.165, 1.54) is 6.07 Å². The van der Waals surface area contributed by atoms with Crippen LogP contribution in [0.3, 0.4) is 0 Å². The van der Waals surface area contributed by atoms with E-state index in [4.69, 9.17) is 10.8 Å². The number of amides is 1. The number of hydrogen-bond donors (Lipinski definition) is 3. The molecule has 6 nitrogen and oxygen atoms in total. The molecule has 0 bridgehead atoms. The number of nitrogens with two attached hydrogens (primary N) is 1. The molecule has 2 rings (SSSR count). The van der Waals surface area contributed by atoms with Gasteiger partial charge in [0.15, 0.2) is 0 Å². The van der Waals surface area contributed by atoms with E-state index in [1.54, 1.807) is 37.3 Å². The third-order valence-corrected chi connectivity index (χ3v) is 2.93. The van der Waals surface area contributed by atoms with Crippen LogP contribution in [0.15, 0.2) is 36.4 Å². The van der Waals surface area contributed by atoms with Crippen molar-refractivity contribution in [2.75, 3.05) is 5.32 Å². The van der Waals surface area contributed by atoms with Gasteiger partial charge in [-0.25, -0.2) is 9.78 Å². The topological polar surface area (TPSA) is 105 Å². The number of carboxylic acids is 1. The average Bonchev–Trinajstić information content (AvgIpc) is 2.45. The highest BCUT2D eigenvalue weighted by atomic mass is 16.4. The lowest BCUT2D eigenvalue weighted by Gasteiger charge is -2.10. The molecule has 0 radical (unpaired) electrons.